The second-order valence-corrected chi connectivity index (χ2v) is 4.66. The van der Waals surface area contributed by atoms with Crippen molar-refractivity contribution in [2.24, 2.45) is 0 Å². The SMILES string of the molecule is O=c1ccoc(CSc2ccc(Cl)cc2)c1. The van der Waals surface area contributed by atoms with Crippen LogP contribution in [0.5, 0.6) is 0 Å². The molecular formula is C12H9ClO2S. The molecule has 0 unspecified atom stereocenters. The lowest BCUT2D eigenvalue weighted by atomic mass is 10.4. The van der Waals surface area contributed by atoms with Gasteiger partial charge in [-0.15, -0.1) is 11.8 Å². The molecule has 2 rings (SSSR count). The van der Waals surface area contributed by atoms with E-state index in [1.807, 2.05) is 24.3 Å². The van der Waals surface area contributed by atoms with Crippen LogP contribution in [0.3, 0.4) is 0 Å². The van der Waals surface area contributed by atoms with Crippen LogP contribution in [0.15, 0.2) is 56.8 Å². The highest BCUT2D eigenvalue weighted by Gasteiger charge is 1.99. The first-order chi connectivity index (χ1) is 7.74. The molecule has 0 amide bonds. The summed E-state index contributed by atoms with van der Waals surface area (Å²) in [5.41, 5.74) is -0.0297. The van der Waals surface area contributed by atoms with Crippen LogP contribution >= 0.6 is 23.4 Å². The van der Waals surface area contributed by atoms with E-state index in [0.717, 1.165) is 9.92 Å². The minimum Gasteiger partial charge on any atom is -0.468 e. The minimum absolute atomic E-state index is 0.0297. The van der Waals surface area contributed by atoms with Gasteiger partial charge in [-0.05, 0) is 24.3 Å². The van der Waals surface area contributed by atoms with Crippen LogP contribution in [0, 0.1) is 0 Å². The molecule has 0 atom stereocenters. The molecule has 1 heterocycles. The lowest BCUT2D eigenvalue weighted by molar-refractivity contribution is 0.511. The number of hydrogen-bond donors (Lipinski definition) is 0. The standard InChI is InChI=1S/C12H9ClO2S/c13-9-1-3-12(4-2-9)16-8-11-7-10(14)5-6-15-11/h1-7H,8H2. The smallest absolute Gasteiger partial charge is 0.185 e. The molecular weight excluding hydrogens is 244 g/mol. The summed E-state index contributed by atoms with van der Waals surface area (Å²) < 4.78 is 5.21. The summed E-state index contributed by atoms with van der Waals surface area (Å²) in [4.78, 5) is 12.2. The van der Waals surface area contributed by atoms with E-state index in [2.05, 4.69) is 0 Å². The first-order valence-corrected chi connectivity index (χ1v) is 6.06. The maximum Gasteiger partial charge on any atom is 0.185 e. The van der Waals surface area contributed by atoms with E-state index in [0.29, 0.717) is 11.5 Å². The molecule has 2 nitrogen and oxygen atoms in total. The third kappa shape index (κ3) is 3.15. The van der Waals surface area contributed by atoms with Crippen LogP contribution in [-0.4, -0.2) is 0 Å². The lowest BCUT2D eigenvalue weighted by Gasteiger charge is -2.00. The zero-order valence-electron chi connectivity index (χ0n) is 8.35. The highest BCUT2D eigenvalue weighted by Crippen LogP contribution is 2.23. The second-order valence-electron chi connectivity index (χ2n) is 3.18. The Morgan fingerprint density at radius 3 is 2.62 bits per heavy atom. The van der Waals surface area contributed by atoms with Gasteiger partial charge in [0.1, 0.15) is 5.76 Å². The van der Waals surface area contributed by atoms with Crippen LogP contribution in [0.25, 0.3) is 0 Å². The number of halogens is 1. The normalized spacial score (nSPS) is 10.3. The number of thioether (sulfide) groups is 1. The molecule has 0 fully saturated rings. The lowest BCUT2D eigenvalue weighted by Crippen LogP contribution is -1.96. The van der Waals surface area contributed by atoms with Crippen molar-refractivity contribution in [2.45, 2.75) is 10.6 Å². The summed E-state index contributed by atoms with van der Waals surface area (Å²) >= 11 is 7.38. The average molecular weight is 253 g/mol. The quantitative estimate of drug-likeness (QED) is 0.782. The predicted octanol–water partition coefficient (Wildman–Crippen LogP) is 3.59. The summed E-state index contributed by atoms with van der Waals surface area (Å²) in [6, 6.07) is 10.5. The van der Waals surface area contributed by atoms with Gasteiger partial charge in [0.25, 0.3) is 0 Å². The van der Waals surface area contributed by atoms with E-state index < -0.39 is 0 Å². The summed E-state index contributed by atoms with van der Waals surface area (Å²) in [5.74, 6) is 1.31. The van der Waals surface area contributed by atoms with Crippen LogP contribution in [0.1, 0.15) is 5.76 Å². The van der Waals surface area contributed by atoms with Crippen molar-refractivity contribution in [3.05, 3.63) is 63.7 Å². The molecule has 0 aliphatic carbocycles. The summed E-state index contributed by atoms with van der Waals surface area (Å²) in [5, 5.41) is 0.718. The van der Waals surface area contributed by atoms with Crippen molar-refractivity contribution in [1.29, 1.82) is 0 Å². The van der Waals surface area contributed by atoms with Gasteiger partial charge in [0.15, 0.2) is 5.43 Å². The molecule has 0 aliphatic rings. The fraction of sp³-hybridized carbons (Fsp3) is 0.0833. The molecule has 1 aromatic heterocycles. The molecule has 0 saturated heterocycles. The van der Waals surface area contributed by atoms with Gasteiger partial charge < -0.3 is 4.42 Å². The third-order valence-corrected chi connectivity index (χ3v) is 3.24. The molecule has 82 valence electrons. The number of rotatable bonds is 3. The predicted molar refractivity (Wildman–Crippen MR) is 66.0 cm³/mol. The molecule has 0 radical (unpaired) electrons. The van der Waals surface area contributed by atoms with Crippen LogP contribution < -0.4 is 5.43 Å². The van der Waals surface area contributed by atoms with Crippen LogP contribution in [0.2, 0.25) is 5.02 Å². The van der Waals surface area contributed by atoms with Crippen LogP contribution in [0.4, 0.5) is 0 Å². The fourth-order valence-corrected chi connectivity index (χ4v) is 2.11. The van der Waals surface area contributed by atoms with E-state index in [1.165, 1.54) is 18.4 Å². The van der Waals surface area contributed by atoms with Gasteiger partial charge in [-0.2, -0.15) is 0 Å². The largest absolute Gasteiger partial charge is 0.468 e. The van der Waals surface area contributed by atoms with E-state index in [-0.39, 0.29) is 5.43 Å². The summed E-state index contributed by atoms with van der Waals surface area (Å²) in [6.07, 6.45) is 1.42. The highest BCUT2D eigenvalue weighted by atomic mass is 35.5. The fourth-order valence-electron chi connectivity index (χ4n) is 1.19. The Morgan fingerprint density at radius 1 is 1.19 bits per heavy atom. The molecule has 0 N–H and O–H groups in total. The van der Waals surface area contributed by atoms with Crippen molar-refractivity contribution in [2.75, 3.05) is 0 Å². The summed E-state index contributed by atoms with van der Waals surface area (Å²) in [6.45, 7) is 0. The first-order valence-electron chi connectivity index (χ1n) is 4.70. The van der Waals surface area contributed by atoms with Gasteiger partial charge >= 0.3 is 0 Å². The maximum atomic E-state index is 11.1. The molecule has 4 heteroatoms. The van der Waals surface area contributed by atoms with E-state index >= 15 is 0 Å². The Balaban J connectivity index is 2.02. The monoisotopic (exact) mass is 252 g/mol. The van der Waals surface area contributed by atoms with Gasteiger partial charge in [-0.3, -0.25) is 4.79 Å². The third-order valence-electron chi connectivity index (χ3n) is 1.95. The Kier molecular flexibility index (Phi) is 3.70. The Morgan fingerprint density at radius 2 is 1.94 bits per heavy atom. The van der Waals surface area contributed by atoms with Crippen molar-refractivity contribution in [1.82, 2.24) is 0 Å². The highest BCUT2D eigenvalue weighted by molar-refractivity contribution is 7.98. The molecule has 0 bridgehead atoms. The molecule has 0 spiro atoms. The second kappa shape index (κ2) is 5.23. The Hall–Kier alpha value is -1.19. The number of benzene rings is 1. The van der Waals surface area contributed by atoms with Crippen molar-refractivity contribution < 1.29 is 4.42 Å². The van der Waals surface area contributed by atoms with Crippen molar-refractivity contribution >= 4 is 23.4 Å². The van der Waals surface area contributed by atoms with Crippen molar-refractivity contribution in [3.8, 4) is 0 Å². The molecule has 16 heavy (non-hydrogen) atoms. The van der Waals surface area contributed by atoms with Gasteiger partial charge in [0, 0.05) is 22.1 Å². The van der Waals surface area contributed by atoms with Crippen molar-refractivity contribution in [3.63, 3.8) is 0 Å². The maximum absolute atomic E-state index is 11.1. The van der Waals surface area contributed by atoms with Gasteiger partial charge in [-0.1, -0.05) is 11.6 Å². The zero-order chi connectivity index (χ0) is 11.4. The topological polar surface area (TPSA) is 30.2 Å². The van der Waals surface area contributed by atoms with E-state index in [1.54, 1.807) is 11.8 Å². The molecule has 0 saturated carbocycles. The Labute approximate surface area is 102 Å². The van der Waals surface area contributed by atoms with Crippen LogP contribution in [-0.2, 0) is 5.75 Å². The van der Waals surface area contributed by atoms with Gasteiger partial charge in [0.05, 0.1) is 12.0 Å². The number of hydrogen-bond acceptors (Lipinski definition) is 3. The van der Waals surface area contributed by atoms with Gasteiger partial charge in [0.2, 0.25) is 0 Å². The van der Waals surface area contributed by atoms with Gasteiger partial charge in [-0.25, -0.2) is 0 Å². The summed E-state index contributed by atoms with van der Waals surface area (Å²) in [7, 11) is 0. The first kappa shape index (κ1) is 11.3. The minimum atomic E-state index is -0.0297. The zero-order valence-corrected chi connectivity index (χ0v) is 9.92. The van der Waals surface area contributed by atoms with E-state index in [4.69, 9.17) is 16.0 Å². The molecule has 1 aromatic carbocycles. The molecule has 0 aliphatic heterocycles. The molecule has 2 aromatic rings. The Bertz CT molecular complexity index is 519. The average Bonchev–Trinajstić information content (AvgIpc) is 2.28. The van der Waals surface area contributed by atoms with E-state index in [9.17, 15) is 4.79 Å².